The molecule has 0 aliphatic carbocycles. The number of rotatable bonds is 2. The third-order valence-corrected chi connectivity index (χ3v) is 3.88. The Morgan fingerprint density at radius 1 is 1.29 bits per heavy atom. The maximum atomic E-state index is 6.14. The van der Waals surface area contributed by atoms with Crippen molar-refractivity contribution >= 4 is 10.9 Å². The van der Waals surface area contributed by atoms with E-state index in [0.717, 1.165) is 12.8 Å². The molecule has 3 atom stereocenters. The van der Waals surface area contributed by atoms with E-state index in [0.29, 0.717) is 12.0 Å². The molecule has 90 valence electrons. The second kappa shape index (κ2) is 4.19. The van der Waals surface area contributed by atoms with Crippen molar-refractivity contribution in [2.45, 2.75) is 39.0 Å². The van der Waals surface area contributed by atoms with Crippen LogP contribution in [0.4, 0.5) is 0 Å². The lowest BCUT2D eigenvalue weighted by atomic mass is 10.0. The normalized spacial score (nSPS) is 28.9. The van der Waals surface area contributed by atoms with Gasteiger partial charge in [-0.05, 0) is 36.3 Å². The van der Waals surface area contributed by atoms with E-state index in [1.54, 1.807) is 0 Å². The number of nitrogens with zero attached hydrogens (tertiary/aromatic N) is 1. The van der Waals surface area contributed by atoms with Gasteiger partial charge >= 0.3 is 0 Å². The topological polar surface area (TPSA) is 14.2 Å². The van der Waals surface area contributed by atoms with Gasteiger partial charge in [-0.15, -0.1) is 0 Å². The number of aromatic nitrogens is 1. The van der Waals surface area contributed by atoms with Crippen LogP contribution >= 0.6 is 0 Å². The molecule has 0 N–H and O–H groups in total. The van der Waals surface area contributed by atoms with Crippen molar-refractivity contribution in [3.63, 3.8) is 0 Å². The summed E-state index contributed by atoms with van der Waals surface area (Å²) in [5, 5.41) is 1.30. The van der Waals surface area contributed by atoms with Crippen LogP contribution in [0.1, 0.15) is 32.9 Å². The van der Waals surface area contributed by atoms with Gasteiger partial charge in [0, 0.05) is 6.20 Å². The Morgan fingerprint density at radius 2 is 2.12 bits per heavy atom. The van der Waals surface area contributed by atoms with Crippen molar-refractivity contribution < 1.29 is 4.74 Å². The average molecular weight is 229 g/mol. The second-order valence-corrected chi connectivity index (χ2v) is 5.03. The molecule has 1 aliphatic rings. The van der Waals surface area contributed by atoms with Crippen LogP contribution in [-0.4, -0.2) is 10.7 Å². The molecule has 1 aromatic carbocycles. The summed E-state index contributed by atoms with van der Waals surface area (Å²) < 4.78 is 8.42. The highest BCUT2D eigenvalue weighted by molar-refractivity contribution is 5.80. The Morgan fingerprint density at radius 3 is 2.88 bits per heavy atom. The number of fused-ring (bicyclic) bond motifs is 1. The first-order valence-corrected chi connectivity index (χ1v) is 6.50. The predicted molar refractivity (Wildman–Crippen MR) is 69.9 cm³/mol. The number of benzene rings is 1. The molecule has 2 heteroatoms. The van der Waals surface area contributed by atoms with Gasteiger partial charge in [-0.25, -0.2) is 0 Å². The van der Waals surface area contributed by atoms with Crippen molar-refractivity contribution in [3.05, 3.63) is 36.5 Å². The molecule has 0 saturated carbocycles. The highest BCUT2D eigenvalue weighted by Crippen LogP contribution is 2.36. The summed E-state index contributed by atoms with van der Waals surface area (Å²) in [5.41, 5.74) is 1.28. The summed E-state index contributed by atoms with van der Waals surface area (Å²) in [6.45, 7) is 4.50. The first-order valence-electron chi connectivity index (χ1n) is 6.50. The van der Waals surface area contributed by atoms with Gasteiger partial charge in [-0.1, -0.05) is 32.0 Å². The zero-order valence-electron chi connectivity index (χ0n) is 10.5. The van der Waals surface area contributed by atoms with Crippen LogP contribution < -0.4 is 0 Å². The molecule has 17 heavy (non-hydrogen) atoms. The molecule has 0 bridgehead atoms. The zero-order chi connectivity index (χ0) is 11.8. The highest BCUT2D eigenvalue weighted by atomic mass is 16.5. The molecule has 1 saturated heterocycles. The van der Waals surface area contributed by atoms with Gasteiger partial charge in [0.15, 0.2) is 0 Å². The van der Waals surface area contributed by atoms with Crippen molar-refractivity contribution in [1.82, 2.24) is 4.57 Å². The Kier molecular flexibility index (Phi) is 2.67. The molecule has 0 spiro atoms. The van der Waals surface area contributed by atoms with Crippen molar-refractivity contribution in [3.8, 4) is 0 Å². The lowest BCUT2D eigenvalue weighted by Crippen LogP contribution is -2.12. The molecule has 1 aromatic heterocycles. The number of para-hydroxylation sites is 1. The van der Waals surface area contributed by atoms with Crippen LogP contribution in [0.3, 0.4) is 0 Å². The van der Waals surface area contributed by atoms with E-state index >= 15 is 0 Å². The molecule has 1 aliphatic heterocycles. The molecule has 2 nitrogen and oxygen atoms in total. The monoisotopic (exact) mass is 229 g/mol. The lowest BCUT2D eigenvalue weighted by Gasteiger charge is -2.15. The van der Waals surface area contributed by atoms with Crippen LogP contribution in [0.15, 0.2) is 36.5 Å². The maximum absolute atomic E-state index is 6.14. The van der Waals surface area contributed by atoms with E-state index in [-0.39, 0.29) is 6.23 Å². The van der Waals surface area contributed by atoms with E-state index in [9.17, 15) is 0 Å². The molecule has 0 amide bonds. The van der Waals surface area contributed by atoms with E-state index < -0.39 is 0 Å². The second-order valence-electron chi connectivity index (χ2n) is 5.03. The number of ether oxygens (including phenoxy) is 1. The standard InChI is InChI=1S/C15H19NO/c1-3-14-11(2)10-15(17-14)16-9-8-12-6-4-5-7-13(12)16/h4-9,11,14-15H,3,10H2,1-2H3/t11-,14-,15-/m1/s1. The minimum absolute atomic E-state index is 0.217. The summed E-state index contributed by atoms with van der Waals surface area (Å²) in [4.78, 5) is 0. The van der Waals surface area contributed by atoms with Crippen LogP contribution in [-0.2, 0) is 4.74 Å². The summed E-state index contributed by atoms with van der Waals surface area (Å²) >= 11 is 0. The summed E-state index contributed by atoms with van der Waals surface area (Å²) in [6, 6.07) is 10.7. The van der Waals surface area contributed by atoms with E-state index in [1.165, 1.54) is 10.9 Å². The molecule has 0 unspecified atom stereocenters. The Balaban J connectivity index is 1.95. The van der Waals surface area contributed by atoms with Gasteiger partial charge in [-0.2, -0.15) is 0 Å². The van der Waals surface area contributed by atoms with Gasteiger partial charge in [0.1, 0.15) is 6.23 Å². The maximum Gasteiger partial charge on any atom is 0.134 e. The molecule has 1 fully saturated rings. The van der Waals surface area contributed by atoms with Gasteiger partial charge < -0.3 is 9.30 Å². The fourth-order valence-corrected chi connectivity index (χ4v) is 2.89. The van der Waals surface area contributed by atoms with Gasteiger partial charge in [0.2, 0.25) is 0 Å². The summed E-state index contributed by atoms with van der Waals surface area (Å²) in [7, 11) is 0. The Labute approximate surface area is 102 Å². The molecular weight excluding hydrogens is 210 g/mol. The quantitative estimate of drug-likeness (QED) is 0.760. The third kappa shape index (κ3) is 1.77. The van der Waals surface area contributed by atoms with Crippen molar-refractivity contribution in [2.24, 2.45) is 5.92 Å². The zero-order valence-corrected chi connectivity index (χ0v) is 10.5. The molecule has 2 heterocycles. The van der Waals surface area contributed by atoms with E-state index in [2.05, 4.69) is 54.9 Å². The molecule has 2 aromatic rings. The fraction of sp³-hybridized carbons (Fsp3) is 0.467. The van der Waals surface area contributed by atoms with Gasteiger partial charge in [0.25, 0.3) is 0 Å². The first kappa shape index (κ1) is 10.8. The fourth-order valence-electron chi connectivity index (χ4n) is 2.89. The minimum Gasteiger partial charge on any atom is -0.355 e. The highest BCUT2D eigenvalue weighted by Gasteiger charge is 2.32. The van der Waals surface area contributed by atoms with Crippen LogP contribution in [0, 0.1) is 5.92 Å². The predicted octanol–water partition coefficient (Wildman–Crippen LogP) is 3.97. The third-order valence-electron chi connectivity index (χ3n) is 3.88. The van der Waals surface area contributed by atoms with E-state index in [4.69, 9.17) is 4.74 Å². The Hall–Kier alpha value is -1.28. The van der Waals surface area contributed by atoms with Gasteiger partial charge in [0.05, 0.1) is 11.6 Å². The van der Waals surface area contributed by atoms with Crippen LogP contribution in [0.25, 0.3) is 10.9 Å². The van der Waals surface area contributed by atoms with Crippen molar-refractivity contribution in [2.75, 3.05) is 0 Å². The van der Waals surface area contributed by atoms with E-state index in [1.807, 2.05) is 0 Å². The molecular formula is C15H19NO. The largest absolute Gasteiger partial charge is 0.355 e. The summed E-state index contributed by atoms with van der Waals surface area (Å²) in [6.07, 6.45) is 5.02. The minimum atomic E-state index is 0.217. The van der Waals surface area contributed by atoms with Crippen LogP contribution in [0.2, 0.25) is 0 Å². The number of hydrogen-bond acceptors (Lipinski definition) is 1. The molecule has 0 radical (unpaired) electrons. The van der Waals surface area contributed by atoms with Crippen molar-refractivity contribution in [1.29, 1.82) is 0 Å². The van der Waals surface area contributed by atoms with Crippen LogP contribution in [0.5, 0.6) is 0 Å². The smallest absolute Gasteiger partial charge is 0.134 e. The number of hydrogen-bond donors (Lipinski definition) is 0. The summed E-state index contributed by atoms with van der Waals surface area (Å²) in [5.74, 6) is 0.658. The molecule has 3 rings (SSSR count). The average Bonchev–Trinajstić information content (AvgIpc) is 2.92. The van der Waals surface area contributed by atoms with Gasteiger partial charge in [-0.3, -0.25) is 0 Å². The lowest BCUT2D eigenvalue weighted by molar-refractivity contribution is -0.00248. The Bertz CT molecular complexity index is 516. The SMILES string of the molecule is CC[C@H]1O[C@@H](n2ccc3ccccc32)C[C@H]1C. The first-order chi connectivity index (χ1) is 8.29.